The van der Waals surface area contributed by atoms with Crippen LogP contribution in [-0.4, -0.2) is 51.0 Å². The van der Waals surface area contributed by atoms with Crippen molar-refractivity contribution in [3.63, 3.8) is 0 Å². The molecule has 3 heterocycles. The van der Waals surface area contributed by atoms with Crippen molar-refractivity contribution >= 4 is 28.6 Å². The van der Waals surface area contributed by atoms with Crippen molar-refractivity contribution in [3.8, 4) is 0 Å². The fourth-order valence-corrected chi connectivity index (χ4v) is 3.01. The van der Waals surface area contributed by atoms with E-state index in [4.69, 9.17) is 14.7 Å². The molecular weight excluding hydrogens is 354 g/mol. The van der Waals surface area contributed by atoms with Crippen molar-refractivity contribution in [1.82, 2.24) is 24.7 Å². The lowest BCUT2D eigenvalue weighted by Crippen LogP contribution is -2.24. The lowest BCUT2D eigenvalue weighted by atomic mass is 10.3. The van der Waals surface area contributed by atoms with Crippen LogP contribution in [0, 0.1) is 6.92 Å². The Morgan fingerprint density at radius 3 is 2.68 bits per heavy atom. The van der Waals surface area contributed by atoms with Gasteiger partial charge < -0.3 is 15.0 Å². The van der Waals surface area contributed by atoms with Crippen LogP contribution in [0.4, 0.5) is 17.6 Å². The van der Waals surface area contributed by atoms with Crippen LogP contribution in [0.5, 0.6) is 0 Å². The molecule has 0 fully saturated rings. The van der Waals surface area contributed by atoms with Crippen molar-refractivity contribution < 1.29 is 4.74 Å². The van der Waals surface area contributed by atoms with Crippen LogP contribution in [0.25, 0.3) is 11.0 Å². The zero-order chi connectivity index (χ0) is 19.9. The van der Waals surface area contributed by atoms with Crippen molar-refractivity contribution in [2.24, 2.45) is 0 Å². The van der Waals surface area contributed by atoms with Gasteiger partial charge in [0.25, 0.3) is 0 Å². The monoisotopic (exact) mass is 383 g/mol. The quantitative estimate of drug-likeness (QED) is 0.536. The highest BCUT2D eigenvalue weighted by Crippen LogP contribution is 2.26. The summed E-state index contributed by atoms with van der Waals surface area (Å²) in [4.78, 5) is 16.1. The van der Waals surface area contributed by atoms with E-state index >= 15 is 0 Å². The lowest BCUT2D eigenvalue weighted by molar-refractivity contribution is 0.125. The minimum absolute atomic E-state index is 0.602. The molecule has 0 bridgehead atoms. The predicted molar refractivity (Wildman–Crippen MR) is 112 cm³/mol. The molecule has 3 aromatic rings. The molecular formula is C20H29N7O. The van der Waals surface area contributed by atoms with Crippen molar-refractivity contribution in [2.75, 3.05) is 36.5 Å². The summed E-state index contributed by atoms with van der Waals surface area (Å²) in [5.41, 5.74) is 2.80. The van der Waals surface area contributed by atoms with Crippen LogP contribution in [0.3, 0.4) is 0 Å². The van der Waals surface area contributed by atoms with Crippen LogP contribution < -0.4 is 10.2 Å². The molecule has 0 spiro atoms. The van der Waals surface area contributed by atoms with Crippen molar-refractivity contribution in [2.45, 2.75) is 40.7 Å². The Morgan fingerprint density at radius 1 is 1.14 bits per heavy atom. The van der Waals surface area contributed by atoms with E-state index in [9.17, 15) is 0 Å². The molecule has 0 radical (unpaired) electrons. The molecule has 1 N–H and O–H groups in total. The lowest BCUT2D eigenvalue weighted by Gasteiger charge is -2.20. The van der Waals surface area contributed by atoms with Gasteiger partial charge in [0.1, 0.15) is 16.9 Å². The minimum Gasteiger partial charge on any atom is -0.380 e. The number of aryl methyl sites for hydroxylation is 1. The van der Waals surface area contributed by atoms with Gasteiger partial charge in [-0.3, -0.25) is 4.68 Å². The Bertz CT molecular complexity index is 905. The fourth-order valence-electron chi connectivity index (χ4n) is 3.01. The van der Waals surface area contributed by atoms with Crippen molar-refractivity contribution in [3.05, 3.63) is 30.1 Å². The van der Waals surface area contributed by atoms with E-state index in [0.29, 0.717) is 24.9 Å². The van der Waals surface area contributed by atoms with Gasteiger partial charge in [0.05, 0.1) is 19.3 Å². The highest BCUT2D eigenvalue weighted by Gasteiger charge is 2.16. The first-order valence-corrected chi connectivity index (χ1v) is 9.92. The maximum atomic E-state index is 5.63. The number of anilines is 3. The standard InChI is InChI=1S/C20H29N7O/c1-5-11-28-12-10-27-18-16(14-22-27)23-20(26(6-2)7-3)25-19(18)24-17-13-15(4)8-9-21-17/h8-9,13-14H,5-7,10-12H2,1-4H3,(H,21,23,24,25). The number of rotatable bonds is 10. The van der Waals surface area contributed by atoms with Crippen LogP contribution in [0.15, 0.2) is 24.5 Å². The molecule has 8 nitrogen and oxygen atoms in total. The number of nitrogens with zero attached hydrogens (tertiary/aromatic N) is 6. The Labute approximate surface area is 166 Å². The van der Waals surface area contributed by atoms with Gasteiger partial charge in [0, 0.05) is 25.9 Å². The molecule has 3 rings (SSSR count). The van der Waals surface area contributed by atoms with E-state index in [2.05, 4.69) is 41.1 Å². The fraction of sp³-hybridized carbons (Fsp3) is 0.500. The third-order valence-electron chi connectivity index (χ3n) is 4.48. The summed E-state index contributed by atoms with van der Waals surface area (Å²) < 4.78 is 7.53. The van der Waals surface area contributed by atoms with E-state index in [1.165, 1.54) is 0 Å². The zero-order valence-corrected chi connectivity index (χ0v) is 17.1. The maximum Gasteiger partial charge on any atom is 0.228 e. The molecule has 3 aromatic heterocycles. The second-order valence-electron chi connectivity index (χ2n) is 6.60. The molecule has 150 valence electrons. The van der Waals surface area contributed by atoms with Crippen LogP contribution >= 0.6 is 0 Å². The summed E-state index contributed by atoms with van der Waals surface area (Å²) in [5.74, 6) is 2.15. The van der Waals surface area contributed by atoms with Gasteiger partial charge >= 0.3 is 0 Å². The Hall–Kier alpha value is -2.74. The van der Waals surface area contributed by atoms with Crippen LogP contribution in [0.2, 0.25) is 0 Å². The van der Waals surface area contributed by atoms with Gasteiger partial charge in [-0.2, -0.15) is 10.1 Å². The molecule has 8 heteroatoms. The van der Waals surface area contributed by atoms with Crippen molar-refractivity contribution in [1.29, 1.82) is 0 Å². The normalized spacial score (nSPS) is 11.1. The van der Waals surface area contributed by atoms with E-state index in [1.54, 1.807) is 12.4 Å². The van der Waals surface area contributed by atoms with E-state index in [0.717, 1.165) is 48.5 Å². The summed E-state index contributed by atoms with van der Waals surface area (Å²) >= 11 is 0. The van der Waals surface area contributed by atoms with E-state index in [1.807, 2.05) is 23.7 Å². The predicted octanol–water partition coefficient (Wildman–Crippen LogP) is 3.55. The van der Waals surface area contributed by atoms with Gasteiger partial charge in [0.15, 0.2) is 5.82 Å². The second kappa shape index (κ2) is 9.45. The molecule has 0 aliphatic rings. The Morgan fingerprint density at radius 2 is 1.96 bits per heavy atom. The Kier molecular flexibility index (Phi) is 6.76. The molecule has 0 saturated carbocycles. The number of aromatic nitrogens is 5. The van der Waals surface area contributed by atoms with E-state index < -0.39 is 0 Å². The molecule has 0 aliphatic carbocycles. The van der Waals surface area contributed by atoms with Gasteiger partial charge in [-0.15, -0.1) is 0 Å². The molecule has 0 aliphatic heterocycles. The maximum absolute atomic E-state index is 5.63. The average molecular weight is 384 g/mol. The van der Waals surface area contributed by atoms with Gasteiger partial charge in [0.2, 0.25) is 5.95 Å². The number of hydrogen-bond acceptors (Lipinski definition) is 7. The summed E-state index contributed by atoms with van der Waals surface area (Å²) in [6.07, 6.45) is 4.58. The topological polar surface area (TPSA) is 81.0 Å². The number of nitrogens with one attached hydrogen (secondary N) is 1. The number of fused-ring (bicyclic) bond motifs is 1. The summed E-state index contributed by atoms with van der Waals surface area (Å²) in [6.45, 7) is 12.0. The molecule has 0 saturated heterocycles. The smallest absolute Gasteiger partial charge is 0.228 e. The SMILES string of the molecule is CCCOCCn1ncc2nc(N(CC)CC)nc(Nc3cc(C)ccn3)c21. The molecule has 0 unspecified atom stereocenters. The largest absolute Gasteiger partial charge is 0.380 e. The van der Waals surface area contributed by atoms with E-state index in [-0.39, 0.29) is 0 Å². The average Bonchev–Trinajstić information content (AvgIpc) is 3.10. The zero-order valence-electron chi connectivity index (χ0n) is 17.1. The van der Waals surface area contributed by atoms with Gasteiger partial charge in [-0.05, 0) is 44.9 Å². The molecule has 28 heavy (non-hydrogen) atoms. The van der Waals surface area contributed by atoms with Gasteiger partial charge in [-0.1, -0.05) is 6.92 Å². The van der Waals surface area contributed by atoms with Crippen LogP contribution in [-0.2, 0) is 11.3 Å². The summed E-state index contributed by atoms with van der Waals surface area (Å²) in [7, 11) is 0. The highest BCUT2D eigenvalue weighted by atomic mass is 16.5. The van der Waals surface area contributed by atoms with Crippen LogP contribution in [0.1, 0.15) is 32.8 Å². The molecule has 0 amide bonds. The molecule has 0 atom stereocenters. The highest BCUT2D eigenvalue weighted by molar-refractivity contribution is 5.88. The second-order valence-corrected chi connectivity index (χ2v) is 6.60. The third kappa shape index (κ3) is 4.56. The Balaban J connectivity index is 2.00. The third-order valence-corrected chi connectivity index (χ3v) is 4.48. The van der Waals surface area contributed by atoms with Gasteiger partial charge in [-0.25, -0.2) is 9.97 Å². The number of ether oxygens (including phenoxy) is 1. The first-order valence-electron chi connectivity index (χ1n) is 9.92. The number of hydrogen-bond donors (Lipinski definition) is 1. The summed E-state index contributed by atoms with van der Waals surface area (Å²) in [5, 5.41) is 7.89. The first kappa shape index (κ1) is 20.0. The summed E-state index contributed by atoms with van der Waals surface area (Å²) in [6, 6.07) is 3.97. The number of pyridine rings is 1. The molecule has 0 aromatic carbocycles. The minimum atomic E-state index is 0.602. The first-order chi connectivity index (χ1) is 13.7.